The summed E-state index contributed by atoms with van der Waals surface area (Å²) in [6.07, 6.45) is 1.57. The highest BCUT2D eigenvalue weighted by Crippen LogP contribution is 2.27. The normalized spacial score (nSPS) is 10.1. The molecule has 0 saturated carbocycles. The lowest BCUT2D eigenvalue weighted by Gasteiger charge is -2.09. The van der Waals surface area contributed by atoms with Crippen molar-refractivity contribution in [3.8, 4) is 11.5 Å². The molecule has 6 heteroatoms. The third-order valence-electron chi connectivity index (χ3n) is 2.18. The summed E-state index contributed by atoms with van der Waals surface area (Å²) in [6, 6.07) is 5.71. The summed E-state index contributed by atoms with van der Waals surface area (Å²) in [7, 11) is 3.22. The van der Waals surface area contributed by atoms with Gasteiger partial charge in [-0.3, -0.25) is 0 Å². The van der Waals surface area contributed by atoms with E-state index in [4.69, 9.17) is 9.47 Å². The van der Waals surface area contributed by atoms with E-state index < -0.39 is 0 Å². The molecule has 0 aliphatic carbocycles. The molecular weight excluding hydrogens is 208 g/mol. The molecule has 0 aliphatic rings. The van der Waals surface area contributed by atoms with Crippen molar-refractivity contribution in [2.24, 2.45) is 0 Å². The van der Waals surface area contributed by atoms with Crippen LogP contribution in [0.4, 0.5) is 0 Å². The van der Waals surface area contributed by atoms with Crippen LogP contribution in [0.5, 0.6) is 11.5 Å². The van der Waals surface area contributed by atoms with Gasteiger partial charge in [0.05, 0.1) is 20.8 Å². The van der Waals surface area contributed by atoms with Crippen LogP contribution in [-0.2, 0) is 6.54 Å². The van der Waals surface area contributed by atoms with Gasteiger partial charge in [-0.25, -0.2) is 4.68 Å². The smallest absolute Gasteiger partial charge is 0.161 e. The van der Waals surface area contributed by atoms with Crippen molar-refractivity contribution in [2.75, 3.05) is 14.2 Å². The van der Waals surface area contributed by atoms with Crippen LogP contribution in [0.2, 0.25) is 0 Å². The molecule has 0 aliphatic heterocycles. The van der Waals surface area contributed by atoms with Crippen LogP contribution < -0.4 is 9.47 Å². The van der Waals surface area contributed by atoms with Crippen LogP contribution in [0, 0.1) is 0 Å². The maximum absolute atomic E-state index is 5.21. The molecule has 0 amide bonds. The Morgan fingerprint density at radius 2 is 2.00 bits per heavy atom. The number of nitrogens with zero attached hydrogens (tertiary/aromatic N) is 4. The zero-order valence-electron chi connectivity index (χ0n) is 9.12. The molecule has 0 atom stereocenters. The number of hydrogen-bond acceptors (Lipinski definition) is 5. The van der Waals surface area contributed by atoms with Crippen molar-refractivity contribution in [2.45, 2.75) is 6.54 Å². The average Bonchev–Trinajstić information content (AvgIpc) is 2.81. The van der Waals surface area contributed by atoms with Gasteiger partial charge >= 0.3 is 0 Å². The minimum Gasteiger partial charge on any atom is -0.493 e. The van der Waals surface area contributed by atoms with E-state index in [1.54, 1.807) is 25.2 Å². The first-order valence-electron chi connectivity index (χ1n) is 4.75. The summed E-state index contributed by atoms with van der Waals surface area (Å²) in [6.45, 7) is 0.605. The van der Waals surface area contributed by atoms with Gasteiger partial charge in [-0.15, -0.1) is 5.10 Å². The number of aromatic nitrogens is 4. The molecule has 0 bridgehead atoms. The highest BCUT2D eigenvalue weighted by molar-refractivity contribution is 5.42. The van der Waals surface area contributed by atoms with Crippen LogP contribution in [0.3, 0.4) is 0 Å². The van der Waals surface area contributed by atoms with Crippen molar-refractivity contribution in [1.82, 2.24) is 20.2 Å². The summed E-state index contributed by atoms with van der Waals surface area (Å²) < 4.78 is 12.0. The number of methoxy groups -OCH3 is 2. The maximum Gasteiger partial charge on any atom is 0.161 e. The fourth-order valence-electron chi connectivity index (χ4n) is 1.42. The van der Waals surface area contributed by atoms with E-state index in [2.05, 4.69) is 15.5 Å². The quantitative estimate of drug-likeness (QED) is 0.760. The van der Waals surface area contributed by atoms with Crippen LogP contribution >= 0.6 is 0 Å². The minimum atomic E-state index is 0.605. The lowest BCUT2D eigenvalue weighted by atomic mass is 10.2. The predicted molar refractivity (Wildman–Crippen MR) is 56.5 cm³/mol. The van der Waals surface area contributed by atoms with E-state index in [9.17, 15) is 0 Å². The minimum absolute atomic E-state index is 0.605. The molecule has 6 nitrogen and oxygen atoms in total. The summed E-state index contributed by atoms with van der Waals surface area (Å²) in [4.78, 5) is 0. The van der Waals surface area contributed by atoms with Crippen LogP contribution in [0.25, 0.3) is 0 Å². The number of tetrazole rings is 1. The largest absolute Gasteiger partial charge is 0.493 e. The average molecular weight is 220 g/mol. The highest BCUT2D eigenvalue weighted by atomic mass is 16.5. The van der Waals surface area contributed by atoms with E-state index in [-0.39, 0.29) is 0 Å². The number of rotatable bonds is 4. The van der Waals surface area contributed by atoms with Crippen LogP contribution in [-0.4, -0.2) is 34.4 Å². The van der Waals surface area contributed by atoms with Gasteiger partial charge < -0.3 is 9.47 Å². The Kier molecular flexibility index (Phi) is 3.00. The molecule has 2 rings (SSSR count). The van der Waals surface area contributed by atoms with Crippen LogP contribution in [0.1, 0.15) is 5.56 Å². The molecule has 84 valence electrons. The van der Waals surface area contributed by atoms with Crippen molar-refractivity contribution >= 4 is 0 Å². The first kappa shape index (κ1) is 10.4. The third-order valence-corrected chi connectivity index (χ3v) is 2.18. The molecule has 0 fully saturated rings. The number of hydrogen-bond donors (Lipinski definition) is 0. The lowest BCUT2D eigenvalue weighted by molar-refractivity contribution is 0.354. The van der Waals surface area contributed by atoms with Gasteiger partial charge in [0, 0.05) is 0 Å². The fraction of sp³-hybridized carbons (Fsp3) is 0.300. The lowest BCUT2D eigenvalue weighted by Crippen LogP contribution is -2.01. The van der Waals surface area contributed by atoms with Gasteiger partial charge in [0.2, 0.25) is 0 Å². The number of ether oxygens (including phenoxy) is 2. The predicted octanol–water partition coefficient (Wildman–Crippen LogP) is 0.739. The maximum atomic E-state index is 5.21. The van der Waals surface area contributed by atoms with Gasteiger partial charge in [0.25, 0.3) is 0 Å². The SMILES string of the molecule is COc1ccc(Cn2cnnn2)cc1OC. The fourth-order valence-corrected chi connectivity index (χ4v) is 1.42. The van der Waals surface area contributed by atoms with Gasteiger partial charge in [-0.2, -0.15) is 0 Å². The molecule has 0 spiro atoms. The van der Waals surface area contributed by atoms with Gasteiger partial charge in [0.15, 0.2) is 11.5 Å². The van der Waals surface area contributed by atoms with E-state index in [0.717, 1.165) is 5.56 Å². The molecule has 1 aromatic carbocycles. The second-order valence-corrected chi connectivity index (χ2v) is 3.20. The van der Waals surface area contributed by atoms with E-state index in [0.29, 0.717) is 18.0 Å². The molecule has 1 aromatic heterocycles. The van der Waals surface area contributed by atoms with Gasteiger partial charge in [-0.1, -0.05) is 6.07 Å². The second-order valence-electron chi connectivity index (χ2n) is 3.20. The Labute approximate surface area is 92.8 Å². The van der Waals surface area contributed by atoms with Crippen molar-refractivity contribution < 1.29 is 9.47 Å². The molecule has 0 saturated heterocycles. The summed E-state index contributed by atoms with van der Waals surface area (Å²) in [5, 5.41) is 10.9. The first-order chi connectivity index (χ1) is 7.83. The Bertz CT molecular complexity index is 456. The number of benzene rings is 1. The van der Waals surface area contributed by atoms with Crippen molar-refractivity contribution in [1.29, 1.82) is 0 Å². The van der Waals surface area contributed by atoms with Gasteiger partial charge in [-0.05, 0) is 28.1 Å². The summed E-state index contributed by atoms with van der Waals surface area (Å²) in [5.41, 5.74) is 1.05. The molecule has 0 unspecified atom stereocenters. The van der Waals surface area contributed by atoms with Gasteiger partial charge in [0.1, 0.15) is 6.33 Å². The monoisotopic (exact) mass is 220 g/mol. The standard InChI is InChI=1S/C10H12N4O2/c1-15-9-4-3-8(5-10(9)16-2)6-14-7-11-12-13-14/h3-5,7H,6H2,1-2H3. The Morgan fingerprint density at radius 3 is 2.62 bits per heavy atom. The molecule has 2 aromatic rings. The molecular formula is C10H12N4O2. The Balaban J connectivity index is 2.22. The highest BCUT2D eigenvalue weighted by Gasteiger charge is 2.05. The summed E-state index contributed by atoms with van der Waals surface area (Å²) in [5.74, 6) is 1.41. The van der Waals surface area contributed by atoms with E-state index in [1.807, 2.05) is 18.2 Å². The zero-order valence-corrected chi connectivity index (χ0v) is 9.12. The second kappa shape index (κ2) is 4.61. The topological polar surface area (TPSA) is 62.1 Å². The molecule has 0 radical (unpaired) electrons. The summed E-state index contributed by atoms with van der Waals surface area (Å²) >= 11 is 0. The van der Waals surface area contributed by atoms with E-state index in [1.165, 1.54) is 0 Å². The third kappa shape index (κ3) is 2.10. The first-order valence-corrected chi connectivity index (χ1v) is 4.75. The van der Waals surface area contributed by atoms with Crippen molar-refractivity contribution in [3.63, 3.8) is 0 Å². The molecule has 16 heavy (non-hydrogen) atoms. The Hall–Kier alpha value is -2.11. The Morgan fingerprint density at radius 1 is 1.19 bits per heavy atom. The van der Waals surface area contributed by atoms with Crippen LogP contribution in [0.15, 0.2) is 24.5 Å². The van der Waals surface area contributed by atoms with Crippen molar-refractivity contribution in [3.05, 3.63) is 30.1 Å². The van der Waals surface area contributed by atoms with E-state index >= 15 is 0 Å². The molecule has 0 N–H and O–H groups in total. The zero-order chi connectivity index (χ0) is 11.4. The molecule has 1 heterocycles.